The lowest BCUT2D eigenvalue weighted by molar-refractivity contribution is -0.383. The maximum atomic E-state index is 13.7. The van der Waals surface area contributed by atoms with Gasteiger partial charge in [0.15, 0.2) is 10.9 Å². The van der Waals surface area contributed by atoms with E-state index in [4.69, 9.17) is 9.47 Å². The van der Waals surface area contributed by atoms with Crippen molar-refractivity contribution in [2.24, 2.45) is 0 Å². The number of nitrogens with zero attached hydrogens (tertiary/aromatic N) is 3. The summed E-state index contributed by atoms with van der Waals surface area (Å²) in [5, 5.41) is 11.7. The van der Waals surface area contributed by atoms with Crippen molar-refractivity contribution in [3.8, 4) is 0 Å². The highest BCUT2D eigenvalue weighted by Gasteiger charge is 2.44. The number of anilines is 1. The number of halogens is 3. The van der Waals surface area contributed by atoms with Crippen molar-refractivity contribution in [3.63, 3.8) is 0 Å². The minimum Gasteiger partial charge on any atom is -0.348 e. The molecule has 3 heterocycles. The largest absolute Gasteiger partial charge is 0.416 e. The second kappa shape index (κ2) is 7.35. The average Bonchev–Trinajstić information content (AvgIpc) is 3.50. The molecule has 0 amide bonds. The SMILES string of the molecule is CC1COC2(CCN(c3nc(=O)c4c(C5CC5)c(C(F)(F)F)cc([N+](=O)[O-])c4s3)CC2)O1. The fraction of sp³-hybridized carbons (Fsp3) is 0.600. The Labute approximate surface area is 184 Å². The fourth-order valence-corrected chi connectivity index (χ4v) is 5.70. The van der Waals surface area contributed by atoms with Crippen molar-refractivity contribution < 1.29 is 27.6 Å². The molecule has 0 bridgehead atoms. The zero-order valence-corrected chi connectivity index (χ0v) is 17.9. The number of rotatable bonds is 3. The molecule has 172 valence electrons. The molecule has 1 aliphatic carbocycles. The van der Waals surface area contributed by atoms with Gasteiger partial charge in [0.25, 0.3) is 11.2 Å². The number of aromatic nitrogens is 1. The van der Waals surface area contributed by atoms with Gasteiger partial charge in [-0.1, -0.05) is 11.3 Å². The first kappa shape index (κ1) is 21.5. The third-order valence-electron chi connectivity index (χ3n) is 6.19. The molecule has 1 unspecified atom stereocenters. The molecule has 8 nitrogen and oxygen atoms in total. The highest BCUT2D eigenvalue weighted by atomic mass is 32.1. The summed E-state index contributed by atoms with van der Waals surface area (Å²) >= 11 is 0.897. The Morgan fingerprint density at radius 3 is 2.53 bits per heavy atom. The van der Waals surface area contributed by atoms with E-state index >= 15 is 0 Å². The summed E-state index contributed by atoms with van der Waals surface area (Å²) in [5.74, 6) is -1.11. The number of nitro groups is 1. The topological polar surface area (TPSA) is 94.8 Å². The summed E-state index contributed by atoms with van der Waals surface area (Å²) in [7, 11) is 0. The van der Waals surface area contributed by atoms with E-state index in [1.54, 1.807) is 0 Å². The van der Waals surface area contributed by atoms with Crippen molar-refractivity contribution in [1.29, 1.82) is 0 Å². The van der Waals surface area contributed by atoms with Crippen LogP contribution < -0.4 is 10.5 Å². The molecule has 2 aromatic rings. The second-order valence-corrected chi connectivity index (χ2v) is 9.51. The van der Waals surface area contributed by atoms with Crippen molar-refractivity contribution in [2.45, 2.75) is 56.6 Å². The molecule has 0 radical (unpaired) electrons. The predicted molar refractivity (Wildman–Crippen MR) is 110 cm³/mol. The monoisotopic (exact) mass is 471 g/mol. The summed E-state index contributed by atoms with van der Waals surface area (Å²) in [6.07, 6.45) is -2.74. The zero-order chi connectivity index (χ0) is 22.8. The molecule has 1 atom stereocenters. The van der Waals surface area contributed by atoms with E-state index in [2.05, 4.69) is 4.98 Å². The summed E-state index contributed by atoms with van der Waals surface area (Å²) in [6.45, 7) is 3.32. The van der Waals surface area contributed by atoms with Crippen molar-refractivity contribution >= 4 is 32.2 Å². The van der Waals surface area contributed by atoms with E-state index in [1.807, 2.05) is 11.8 Å². The van der Waals surface area contributed by atoms with Crippen LogP contribution in [0.4, 0.5) is 24.0 Å². The van der Waals surface area contributed by atoms with Crippen LogP contribution in [0.3, 0.4) is 0 Å². The number of non-ortho nitro benzene ring substituents is 1. The van der Waals surface area contributed by atoms with Gasteiger partial charge in [0.2, 0.25) is 0 Å². The lowest BCUT2D eigenvalue weighted by atomic mass is 9.98. The molecule has 1 saturated carbocycles. The summed E-state index contributed by atoms with van der Waals surface area (Å²) in [4.78, 5) is 29.7. The lowest BCUT2D eigenvalue weighted by Crippen LogP contribution is -2.45. The molecule has 3 aliphatic rings. The van der Waals surface area contributed by atoms with E-state index in [0.29, 0.717) is 51.4 Å². The zero-order valence-electron chi connectivity index (χ0n) is 17.1. The molecular weight excluding hydrogens is 451 g/mol. The minimum atomic E-state index is -4.80. The van der Waals surface area contributed by atoms with Gasteiger partial charge in [-0.2, -0.15) is 18.2 Å². The number of hydrogen-bond donors (Lipinski definition) is 0. The highest BCUT2D eigenvalue weighted by molar-refractivity contribution is 7.22. The van der Waals surface area contributed by atoms with Crippen LogP contribution in [-0.4, -0.2) is 41.5 Å². The molecule has 5 rings (SSSR count). The van der Waals surface area contributed by atoms with Gasteiger partial charge in [0.05, 0.1) is 28.6 Å². The Morgan fingerprint density at radius 2 is 2.00 bits per heavy atom. The predicted octanol–water partition coefficient (Wildman–Crippen LogP) is 4.19. The quantitative estimate of drug-likeness (QED) is 0.489. The Kier molecular flexibility index (Phi) is 4.95. The van der Waals surface area contributed by atoms with Crippen LogP contribution in [0.25, 0.3) is 10.1 Å². The van der Waals surface area contributed by atoms with Gasteiger partial charge >= 0.3 is 6.18 Å². The smallest absolute Gasteiger partial charge is 0.348 e. The standard InChI is InChI=1S/C20H20F3N3O5S/c1-10-9-30-19(31-10)4-6-25(7-5-19)18-24-17(27)15-14(11-2-3-11)12(20(21,22)23)8-13(26(28)29)16(15)32-18/h8,10-11H,2-7,9H2,1H3. The van der Waals surface area contributed by atoms with Gasteiger partial charge in [0.1, 0.15) is 4.70 Å². The summed E-state index contributed by atoms with van der Waals surface area (Å²) < 4.78 is 52.8. The molecule has 1 spiro atoms. The van der Waals surface area contributed by atoms with E-state index in [0.717, 1.165) is 11.3 Å². The van der Waals surface area contributed by atoms with Gasteiger partial charge in [-0.15, -0.1) is 0 Å². The highest BCUT2D eigenvalue weighted by Crippen LogP contribution is 2.51. The lowest BCUT2D eigenvalue weighted by Gasteiger charge is -2.38. The van der Waals surface area contributed by atoms with Crippen molar-refractivity contribution in [1.82, 2.24) is 4.98 Å². The average molecular weight is 471 g/mol. The van der Waals surface area contributed by atoms with Crippen LogP contribution in [0.5, 0.6) is 0 Å². The van der Waals surface area contributed by atoms with Crippen molar-refractivity contribution in [2.75, 3.05) is 24.6 Å². The molecule has 2 aliphatic heterocycles. The first-order valence-corrected chi connectivity index (χ1v) is 11.2. The van der Waals surface area contributed by atoms with Crippen LogP contribution >= 0.6 is 11.3 Å². The number of benzene rings is 1. The maximum Gasteiger partial charge on any atom is 0.416 e. The van der Waals surface area contributed by atoms with E-state index in [9.17, 15) is 28.1 Å². The number of nitro benzene ring substituents is 1. The Hall–Kier alpha value is -2.31. The van der Waals surface area contributed by atoms with Crippen molar-refractivity contribution in [3.05, 3.63) is 37.7 Å². The molecule has 32 heavy (non-hydrogen) atoms. The number of ether oxygens (including phenoxy) is 2. The van der Waals surface area contributed by atoms with Crippen LogP contribution in [0.2, 0.25) is 0 Å². The molecule has 1 aromatic carbocycles. The third-order valence-corrected chi connectivity index (χ3v) is 7.33. The van der Waals surface area contributed by atoms with Gasteiger partial charge in [-0.25, -0.2) is 0 Å². The van der Waals surface area contributed by atoms with Crippen LogP contribution in [0.1, 0.15) is 49.7 Å². The summed E-state index contributed by atoms with van der Waals surface area (Å²) in [6, 6.07) is 0.572. The van der Waals surface area contributed by atoms with Crippen LogP contribution in [0.15, 0.2) is 10.9 Å². The van der Waals surface area contributed by atoms with E-state index < -0.39 is 39.6 Å². The molecule has 12 heteroatoms. The first-order valence-electron chi connectivity index (χ1n) is 10.4. The fourth-order valence-electron chi connectivity index (χ4n) is 4.54. The summed E-state index contributed by atoms with van der Waals surface area (Å²) in [5.41, 5.74) is -2.83. The molecule has 1 aromatic heterocycles. The van der Waals surface area contributed by atoms with Gasteiger partial charge in [0, 0.05) is 32.0 Å². The van der Waals surface area contributed by atoms with Crippen LogP contribution in [0, 0.1) is 10.1 Å². The van der Waals surface area contributed by atoms with Gasteiger partial charge in [-0.05, 0) is 31.2 Å². The third kappa shape index (κ3) is 3.63. The Balaban J connectivity index is 1.60. The van der Waals surface area contributed by atoms with Crippen LogP contribution in [-0.2, 0) is 15.7 Å². The number of alkyl halides is 3. The minimum absolute atomic E-state index is 0.0114. The molecule has 0 N–H and O–H groups in total. The van der Waals surface area contributed by atoms with Gasteiger partial charge in [-0.3, -0.25) is 14.9 Å². The van der Waals surface area contributed by atoms with E-state index in [-0.39, 0.29) is 26.9 Å². The van der Waals surface area contributed by atoms with Gasteiger partial charge < -0.3 is 14.4 Å². The number of fused-ring (bicyclic) bond motifs is 1. The number of hydrogen-bond acceptors (Lipinski definition) is 8. The number of piperidine rings is 1. The molecule has 3 fully saturated rings. The Morgan fingerprint density at radius 1 is 1.31 bits per heavy atom. The Bertz CT molecular complexity index is 1160. The normalized spacial score (nSPS) is 23.2. The maximum absolute atomic E-state index is 13.7. The second-order valence-electron chi connectivity index (χ2n) is 8.53. The first-order chi connectivity index (χ1) is 15.1. The molecular formula is C20H20F3N3O5S. The molecule has 2 saturated heterocycles. The van der Waals surface area contributed by atoms with E-state index in [1.165, 1.54) is 0 Å².